The first-order valence-electron chi connectivity index (χ1n) is 6.76. The van der Waals surface area contributed by atoms with Crippen LogP contribution in [-0.4, -0.2) is 30.5 Å². The molecule has 0 radical (unpaired) electrons. The lowest BCUT2D eigenvalue weighted by atomic mass is 10.2. The van der Waals surface area contributed by atoms with Crippen molar-refractivity contribution in [1.29, 1.82) is 0 Å². The van der Waals surface area contributed by atoms with Gasteiger partial charge in [0.1, 0.15) is 12.0 Å². The van der Waals surface area contributed by atoms with E-state index in [4.69, 9.17) is 23.2 Å². The normalized spacial score (nSPS) is 10.8. The lowest BCUT2D eigenvalue weighted by Crippen LogP contribution is -2.17. The minimum Gasteiger partial charge on any atom is -0.288 e. The average molecular weight is 430 g/mol. The van der Waals surface area contributed by atoms with E-state index in [1.54, 1.807) is 30.1 Å². The van der Waals surface area contributed by atoms with Crippen molar-refractivity contribution in [3.63, 3.8) is 0 Å². The van der Waals surface area contributed by atoms with Gasteiger partial charge in [0.05, 0.1) is 17.2 Å². The fourth-order valence-electron chi connectivity index (χ4n) is 2.08. The first kappa shape index (κ1) is 16.9. The first-order chi connectivity index (χ1) is 11.4. The molecule has 0 aliphatic carbocycles. The predicted octanol–water partition coefficient (Wildman–Crippen LogP) is 3.38. The van der Waals surface area contributed by atoms with Gasteiger partial charge in [0.25, 0.3) is 5.91 Å². The molecule has 2 aromatic heterocycles. The van der Waals surface area contributed by atoms with Crippen molar-refractivity contribution in [2.45, 2.75) is 6.54 Å². The van der Waals surface area contributed by atoms with E-state index in [2.05, 4.69) is 36.4 Å². The molecule has 0 fully saturated rings. The van der Waals surface area contributed by atoms with Crippen molar-refractivity contribution in [3.05, 3.63) is 56.5 Å². The summed E-state index contributed by atoms with van der Waals surface area (Å²) < 4.78 is 3.63. The summed E-state index contributed by atoms with van der Waals surface area (Å²) in [6.07, 6.45) is 3.06. The molecule has 24 heavy (non-hydrogen) atoms. The maximum absolute atomic E-state index is 12.2. The Hall–Kier alpha value is -1.90. The van der Waals surface area contributed by atoms with Crippen LogP contribution < -0.4 is 5.32 Å². The minimum atomic E-state index is -0.357. The van der Waals surface area contributed by atoms with E-state index in [9.17, 15) is 4.79 Å². The van der Waals surface area contributed by atoms with Crippen LogP contribution in [-0.2, 0) is 13.6 Å². The summed E-state index contributed by atoms with van der Waals surface area (Å²) in [7, 11) is 1.67. The Morgan fingerprint density at radius 1 is 1.38 bits per heavy atom. The Morgan fingerprint density at radius 2 is 2.17 bits per heavy atom. The second kappa shape index (κ2) is 6.92. The number of rotatable bonds is 4. The van der Waals surface area contributed by atoms with Gasteiger partial charge in [-0.1, -0.05) is 29.3 Å². The summed E-state index contributed by atoms with van der Waals surface area (Å²) in [4.78, 5) is 16.3. The average Bonchev–Trinajstić information content (AvgIpc) is 3.08. The second-order valence-electron chi connectivity index (χ2n) is 4.92. The topological polar surface area (TPSA) is 77.6 Å². The Bertz CT molecular complexity index is 887. The molecule has 10 heteroatoms. The van der Waals surface area contributed by atoms with Crippen LogP contribution in [0, 0.1) is 0 Å². The van der Waals surface area contributed by atoms with Crippen LogP contribution >= 0.6 is 39.1 Å². The maximum atomic E-state index is 12.2. The molecule has 1 N–H and O–H groups in total. The molecule has 3 aromatic rings. The van der Waals surface area contributed by atoms with Crippen LogP contribution in [0.25, 0.3) is 0 Å². The summed E-state index contributed by atoms with van der Waals surface area (Å²) in [5.41, 5.74) is 1.23. The number of benzene rings is 1. The van der Waals surface area contributed by atoms with Gasteiger partial charge in [-0.2, -0.15) is 5.10 Å². The van der Waals surface area contributed by atoms with Crippen LogP contribution in [0.3, 0.4) is 0 Å². The van der Waals surface area contributed by atoms with Crippen LogP contribution in [0.1, 0.15) is 16.1 Å². The van der Waals surface area contributed by atoms with E-state index in [1.807, 2.05) is 6.07 Å². The molecule has 3 rings (SSSR count). The van der Waals surface area contributed by atoms with E-state index in [1.165, 1.54) is 11.0 Å². The first-order valence-corrected chi connectivity index (χ1v) is 8.31. The molecule has 0 saturated carbocycles. The highest BCUT2D eigenvalue weighted by atomic mass is 79.9. The molecule has 0 aliphatic rings. The molecule has 1 amide bonds. The zero-order valence-electron chi connectivity index (χ0n) is 12.4. The Morgan fingerprint density at radius 3 is 2.83 bits per heavy atom. The number of nitrogens with zero attached hydrogens (tertiary/aromatic N) is 5. The number of aryl methyl sites for hydroxylation is 1. The van der Waals surface area contributed by atoms with Crippen LogP contribution in [0.15, 0.2) is 35.2 Å². The Balaban J connectivity index is 1.73. The van der Waals surface area contributed by atoms with Gasteiger partial charge in [-0.05, 0) is 33.6 Å². The molecule has 0 unspecified atom stereocenters. The number of anilines is 1. The van der Waals surface area contributed by atoms with Gasteiger partial charge in [0.15, 0.2) is 0 Å². The van der Waals surface area contributed by atoms with Crippen LogP contribution in [0.5, 0.6) is 0 Å². The summed E-state index contributed by atoms with van der Waals surface area (Å²) in [5.74, 6) is -0.165. The highest BCUT2D eigenvalue weighted by Gasteiger charge is 2.17. The van der Waals surface area contributed by atoms with Crippen molar-refractivity contribution in [2.24, 2.45) is 7.05 Å². The molecule has 0 bridgehead atoms. The Labute approximate surface area is 155 Å². The number of halogens is 3. The van der Waals surface area contributed by atoms with Crippen molar-refractivity contribution in [2.75, 3.05) is 5.32 Å². The summed E-state index contributed by atoms with van der Waals surface area (Å²) in [6, 6.07) is 5.23. The van der Waals surface area contributed by atoms with Gasteiger partial charge in [-0.25, -0.2) is 9.67 Å². The van der Waals surface area contributed by atoms with Crippen LogP contribution in [0.4, 0.5) is 5.95 Å². The smallest absolute Gasteiger partial charge is 0.277 e. The van der Waals surface area contributed by atoms with E-state index >= 15 is 0 Å². The molecule has 0 spiro atoms. The fraction of sp³-hybridized carbons (Fsp3) is 0.143. The molecule has 7 nitrogen and oxygen atoms in total. The van der Waals surface area contributed by atoms with Gasteiger partial charge >= 0.3 is 0 Å². The van der Waals surface area contributed by atoms with Crippen molar-refractivity contribution < 1.29 is 4.79 Å². The summed E-state index contributed by atoms with van der Waals surface area (Å²) in [5, 5.41) is 11.9. The second-order valence-corrected chi connectivity index (χ2v) is 6.62. The molecule has 0 saturated heterocycles. The zero-order chi connectivity index (χ0) is 17.3. The van der Waals surface area contributed by atoms with Gasteiger partial charge in [-0.15, -0.1) is 5.10 Å². The number of aromatic nitrogens is 5. The number of hydrogen-bond donors (Lipinski definition) is 1. The molecule has 124 valence electrons. The quantitative estimate of drug-likeness (QED) is 0.689. The minimum absolute atomic E-state index is 0.193. The van der Waals surface area contributed by atoms with Crippen molar-refractivity contribution >= 4 is 51.0 Å². The fourth-order valence-corrected chi connectivity index (χ4v) is 3.08. The third kappa shape index (κ3) is 3.61. The molecule has 1 aromatic carbocycles. The monoisotopic (exact) mass is 428 g/mol. The van der Waals surface area contributed by atoms with E-state index < -0.39 is 0 Å². The number of carbonyl (C=O) groups excluding carboxylic acids is 1. The van der Waals surface area contributed by atoms with Gasteiger partial charge in [-0.3, -0.25) is 14.8 Å². The SMILES string of the molecule is Cn1ncc(Br)c1C(=O)Nc1ncn(Cc2ccc(Cl)cc2Cl)n1. The number of amides is 1. The lowest BCUT2D eigenvalue weighted by Gasteiger charge is -2.04. The van der Waals surface area contributed by atoms with E-state index in [0.717, 1.165) is 5.56 Å². The van der Waals surface area contributed by atoms with Gasteiger partial charge in [0.2, 0.25) is 5.95 Å². The molecular weight excluding hydrogens is 419 g/mol. The number of hydrogen-bond acceptors (Lipinski definition) is 4. The zero-order valence-corrected chi connectivity index (χ0v) is 15.5. The highest BCUT2D eigenvalue weighted by Crippen LogP contribution is 2.22. The number of carbonyl (C=O) groups is 1. The molecule has 0 aliphatic heterocycles. The molecule has 2 heterocycles. The third-order valence-electron chi connectivity index (χ3n) is 3.22. The summed E-state index contributed by atoms with van der Waals surface area (Å²) in [6.45, 7) is 0.411. The van der Waals surface area contributed by atoms with Gasteiger partial charge in [0, 0.05) is 17.1 Å². The molecular formula is C14H11BrCl2N6O. The van der Waals surface area contributed by atoms with E-state index in [0.29, 0.717) is 26.8 Å². The summed E-state index contributed by atoms with van der Waals surface area (Å²) >= 11 is 15.3. The number of nitrogens with one attached hydrogen (secondary N) is 1. The van der Waals surface area contributed by atoms with Crippen LogP contribution in [0.2, 0.25) is 10.0 Å². The largest absolute Gasteiger partial charge is 0.288 e. The maximum Gasteiger partial charge on any atom is 0.277 e. The third-order valence-corrected chi connectivity index (χ3v) is 4.39. The van der Waals surface area contributed by atoms with Crippen molar-refractivity contribution in [1.82, 2.24) is 24.5 Å². The van der Waals surface area contributed by atoms with Crippen molar-refractivity contribution in [3.8, 4) is 0 Å². The molecule has 0 atom stereocenters. The standard InChI is InChI=1S/C14H11BrCl2N6O/c1-22-12(10(15)5-19-22)13(24)20-14-18-7-23(21-14)6-8-2-3-9(16)4-11(8)17/h2-5,7H,6H2,1H3,(H,20,21,24). The van der Waals surface area contributed by atoms with E-state index in [-0.39, 0.29) is 11.9 Å². The Kier molecular flexibility index (Phi) is 4.88. The predicted molar refractivity (Wildman–Crippen MR) is 94.4 cm³/mol. The lowest BCUT2D eigenvalue weighted by molar-refractivity contribution is 0.101. The van der Waals surface area contributed by atoms with Gasteiger partial charge < -0.3 is 0 Å². The highest BCUT2D eigenvalue weighted by molar-refractivity contribution is 9.10.